The van der Waals surface area contributed by atoms with Crippen LogP contribution in [0.2, 0.25) is 0 Å². The number of nitrogens with zero attached hydrogens (tertiary/aromatic N) is 3. The van der Waals surface area contributed by atoms with Crippen LogP contribution in [0.25, 0.3) is 0 Å². The fraction of sp³-hybridized carbons (Fsp3) is 0.600. The topological polar surface area (TPSA) is 43.9 Å². The zero-order valence-corrected chi connectivity index (χ0v) is 15.6. The third-order valence-electron chi connectivity index (χ3n) is 4.83. The maximum atomic E-state index is 12.5. The van der Waals surface area contributed by atoms with Gasteiger partial charge in [0.2, 0.25) is 11.8 Å². The van der Waals surface area contributed by atoms with E-state index < -0.39 is 0 Å². The van der Waals surface area contributed by atoms with Crippen molar-refractivity contribution in [2.24, 2.45) is 0 Å². The molecule has 5 nitrogen and oxygen atoms in total. The molecule has 0 unspecified atom stereocenters. The fourth-order valence-electron chi connectivity index (χ4n) is 3.22. The Morgan fingerprint density at radius 3 is 2.28 bits per heavy atom. The lowest BCUT2D eigenvalue weighted by Gasteiger charge is -2.36. The Labute approximate surface area is 151 Å². The van der Waals surface area contributed by atoms with Gasteiger partial charge in [0.1, 0.15) is 0 Å². The number of hydrogen-bond donors (Lipinski definition) is 0. The van der Waals surface area contributed by atoms with Gasteiger partial charge in [0, 0.05) is 58.3 Å². The molecule has 1 heterocycles. The van der Waals surface area contributed by atoms with Crippen LogP contribution in [0.1, 0.15) is 39.5 Å². The fourth-order valence-corrected chi connectivity index (χ4v) is 3.22. The number of rotatable bonds is 8. The van der Waals surface area contributed by atoms with Crippen LogP contribution >= 0.6 is 0 Å². The summed E-state index contributed by atoms with van der Waals surface area (Å²) in [7, 11) is 0. The number of carbonyl (C=O) groups is 2. The smallest absolute Gasteiger partial charge is 0.224 e. The van der Waals surface area contributed by atoms with Gasteiger partial charge in [-0.15, -0.1) is 0 Å². The van der Waals surface area contributed by atoms with Gasteiger partial charge >= 0.3 is 0 Å². The Bertz CT molecular complexity index is 539. The molecule has 2 amide bonds. The van der Waals surface area contributed by atoms with E-state index in [-0.39, 0.29) is 11.8 Å². The van der Waals surface area contributed by atoms with Crippen LogP contribution in [-0.2, 0) is 9.59 Å². The third-order valence-corrected chi connectivity index (χ3v) is 4.83. The number of hydrogen-bond acceptors (Lipinski definition) is 3. The molecule has 2 rings (SSSR count). The van der Waals surface area contributed by atoms with E-state index in [1.165, 1.54) is 5.69 Å². The number of para-hydroxylation sites is 1. The molecule has 1 saturated heterocycles. The number of benzene rings is 1. The summed E-state index contributed by atoms with van der Waals surface area (Å²) in [5, 5.41) is 0. The molecule has 0 bridgehead atoms. The third kappa shape index (κ3) is 6.07. The van der Waals surface area contributed by atoms with E-state index in [0.717, 1.165) is 52.0 Å². The summed E-state index contributed by atoms with van der Waals surface area (Å²) in [5.41, 5.74) is 1.22. The average molecular weight is 345 g/mol. The van der Waals surface area contributed by atoms with E-state index >= 15 is 0 Å². The monoisotopic (exact) mass is 345 g/mol. The largest absolute Gasteiger partial charge is 0.368 e. The van der Waals surface area contributed by atoms with Crippen molar-refractivity contribution < 1.29 is 9.59 Å². The summed E-state index contributed by atoms with van der Waals surface area (Å²) in [6.07, 6.45) is 3.70. The minimum Gasteiger partial charge on any atom is -0.368 e. The lowest BCUT2D eigenvalue weighted by Crippen LogP contribution is -2.49. The Morgan fingerprint density at radius 2 is 1.68 bits per heavy atom. The minimum absolute atomic E-state index is 0.0674. The number of piperazine rings is 1. The summed E-state index contributed by atoms with van der Waals surface area (Å²) in [5.74, 6) is 0.229. The van der Waals surface area contributed by atoms with Crippen molar-refractivity contribution in [1.29, 1.82) is 0 Å². The van der Waals surface area contributed by atoms with E-state index in [1.807, 2.05) is 28.0 Å². The Hall–Kier alpha value is -2.04. The van der Waals surface area contributed by atoms with Crippen molar-refractivity contribution >= 4 is 17.5 Å². The molecule has 0 saturated carbocycles. The molecule has 25 heavy (non-hydrogen) atoms. The highest BCUT2D eigenvalue weighted by Gasteiger charge is 2.21. The van der Waals surface area contributed by atoms with Gasteiger partial charge in [-0.25, -0.2) is 0 Å². The lowest BCUT2D eigenvalue weighted by molar-refractivity contribution is -0.133. The van der Waals surface area contributed by atoms with E-state index in [4.69, 9.17) is 0 Å². The van der Waals surface area contributed by atoms with Crippen LogP contribution in [0.4, 0.5) is 5.69 Å². The number of carbonyl (C=O) groups excluding carboxylic acids is 2. The maximum Gasteiger partial charge on any atom is 0.224 e. The van der Waals surface area contributed by atoms with Gasteiger partial charge in [0.05, 0.1) is 0 Å². The van der Waals surface area contributed by atoms with E-state index in [1.54, 1.807) is 6.92 Å². The van der Waals surface area contributed by atoms with E-state index in [0.29, 0.717) is 13.0 Å². The van der Waals surface area contributed by atoms with Gasteiger partial charge in [-0.2, -0.15) is 0 Å². The van der Waals surface area contributed by atoms with Crippen LogP contribution in [-0.4, -0.2) is 60.9 Å². The first kappa shape index (κ1) is 19.3. The predicted molar refractivity (Wildman–Crippen MR) is 102 cm³/mol. The zero-order valence-electron chi connectivity index (χ0n) is 15.6. The Balaban J connectivity index is 1.75. The van der Waals surface area contributed by atoms with Crippen molar-refractivity contribution in [3.8, 4) is 0 Å². The minimum atomic E-state index is 0.0674. The molecular weight excluding hydrogens is 314 g/mol. The van der Waals surface area contributed by atoms with Gasteiger partial charge in [0.15, 0.2) is 0 Å². The molecule has 138 valence electrons. The van der Waals surface area contributed by atoms with Gasteiger partial charge in [0.25, 0.3) is 0 Å². The van der Waals surface area contributed by atoms with Crippen molar-refractivity contribution in [2.45, 2.75) is 39.5 Å². The molecule has 0 N–H and O–H groups in total. The van der Waals surface area contributed by atoms with Gasteiger partial charge in [-0.05, 0) is 18.6 Å². The predicted octanol–water partition coefficient (Wildman–Crippen LogP) is 2.76. The van der Waals surface area contributed by atoms with Crippen LogP contribution < -0.4 is 4.90 Å². The molecule has 0 aliphatic carbocycles. The quantitative estimate of drug-likeness (QED) is 0.681. The summed E-state index contributed by atoms with van der Waals surface area (Å²) in [6, 6.07) is 10.3. The lowest BCUT2D eigenvalue weighted by atomic mass is 10.2. The Morgan fingerprint density at radius 1 is 1.00 bits per heavy atom. The van der Waals surface area contributed by atoms with Crippen molar-refractivity contribution in [2.75, 3.05) is 44.2 Å². The van der Waals surface area contributed by atoms with Crippen molar-refractivity contribution in [3.63, 3.8) is 0 Å². The molecular formula is C20H31N3O2. The number of amides is 2. The van der Waals surface area contributed by atoms with Gasteiger partial charge in [-0.3, -0.25) is 9.59 Å². The van der Waals surface area contributed by atoms with Crippen molar-refractivity contribution in [1.82, 2.24) is 9.80 Å². The highest BCUT2D eigenvalue weighted by atomic mass is 16.2. The normalized spacial score (nSPS) is 14.5. The van der Waals surface area contributed by atoms with Crippen LogP contribution in [0.3, 0.4) is 0 Å². The van der Waals surface area contributed by atoms with Crippen LogP contribution in [0.15, 0.2) is 30.3 Å². The highest BCUT2D eigenvalue weighted by Crippen LogP contribution is 2.16. The molecule has 1 aromatic rings. The molecule has 1 fully saturated rings. The molecule has 1 aliphatic rings. The molecule has 1 aliphatic heterocycles. The second-order valence-corrected chi connectivity index (χ2v) is 6.67. The first-order valence-electron chi connectivity index (χ1n) is 9.45. The second kappa shape index (κ2) is 10.1. The van der Waals surface area contributed by atoms with Crippen LogP contribution in [0, 0.1) is 0 Å². The summed E-state index contributed by atoms with van der Waals surface area (Å²) >= 11 is 0. The van der Waals surface area contributed by atoms with Crippen molar-refractivity contribution in [3.05, 3.63) is 30.3 Å². The second-order valence-electron chi connectivity index (χ2n) is 6.67. The molecule has 5 heteroatoms. The SMILES string of the molecule is CCCCCN(CCC(=O)N1CCN(c2ccccc2)CC1)C(C)=O. The van der Waals surface area contributed by atoms with Crippen LogP contribution in [0.5, 0.6) is 0 Å². The number of anilines is 1. The first-order valence-corrected chi connectivity index (χ1v) is 9.45. The molecule has 1 aromatic carbocycles. The van der Waals surface area contributed by atoms with Gasteiger partial charge in [-0.1, -0.05) is 38.0 Å². The standard InChI is InChI=1S/C20H31N3O2/c1-3-4-8-12-21(18(2)24)13-11-20(25)23-16-14-22(15-17-23)19-9-6-5-7-10-19/h5-7,9-10H,3-4,8,11-17H2,1-2H3. The summed E-state index contributed by atoms with van der Waals surface area (Å²) in [6.45, 7) is 8.28. The zero-order chi connectivity index (χ0) is 18.1. The Kier molecular flexibility index (Phi) is 7.76. The molecule has 0 radical (unpaired) electrons. The number of unbranched alkanes of at least 4 members (excludes halogenated alkanes) is 2. The molecule has 0 spiro atoms. The highest BCUT2D eigenvalue weighted by molar-refractivity contribution is 5.78. The first-order chi connectivity index (χ1) is 12.1. The summed E-state index contributed by atoms with van der Waals surface area (Å²) in [4.78, 5) is 30.3. The van der Waals surface area contributed by atoms with E-state index in [9.17, 15) is 9.59 Å². The molecule has 0 atom stereocenters. The molecule has 0 aromatic heterocycles. The summed E-state index contributed by atoms with van der Waals surface area (Å²) < 4.78 is 0. The maximum absolute atomic E-state index is 12.5. The average Bonchev–Trinajstić information content (AvgIpc) is 2.65. The van der Waals surface area contributed by atoms with Gasteiger partial charge < -0.3 is 14.7 Å². The van der Waals surface area contributed by atoms with E-state index in [2.05, 4.69) is 24.0 Å².